The van der Waals surface area contributed by atoms with Crippen LogP contribution in [0.3, 0.4) is 0 Å². The molecule has 188 valence electrons. The van der Waals surface area contributed by atoms with Crippen LogP contribution in [0.2, 0.25) is 0 Å². The molecule has 1 aliphatic carbocycles. The average molecular weight is 497 g/mol. The van der Waals surface area contributed by atoms with E-state index in [4.69, 9.17) is 21.1 Å². The van der Waals surface area contributed by atoms with Crippen LogP contribution in [0, 0.1) is 0 Å². The van der Waals surface area contributed by atoms with E-state index >= 15 is 0 Å². The topological polar surface area (TPSA) is 116 Å². The van der Waals surface area contributed by atoms with E-state index in [1.165, 1.54) is 33.1 Å². The lowest BCUT2D eigenvalue weighted by molar-refractivity contribution is -0.162. The van der Waals surface area contributed by atoms with Gasteiger partial charge in [-0.1, -0.05) is 42.8 Å². The van der Waals surface area contributed by atoms with Crippen molar-refractivity contribution >= 4 is 35.3 Å². The van der Waals surface area contributed by atoms with E-state index < -0.39 is 41.5 Å². The van der Waals surface area contributed by atoms with Gasteiger partial charge in [-0.25, -0.2) is 0 Å². The number of methoxy groups -OCH3 is 1. The normalized spacial score (nSPS) is 21.1. The van der Waals surface area contributed by atoms with Crippen molar-refractivity contribution in [3.8, 4) is 0 Å². The fourth-order valence-electron chi connectivity index (χ4n) is 3.39. The number of aliphatic hydroxyl groups is 1. The molecule has 0 radical (unpaired) electrons. The molecule has 0 spiro atoms. The number of ether oxygens (including phenoxy) is 3. The quantitative estimate of drug-likeness (QED) is 0.177. The maximum atomic E-state index is 12.7. The minimum atomic E-state index is -1.72. The van der Waals surface area contributed by atoms with Gasteiger partial charge in [-0.2, -0.15) is 0 Å². The summed E-state index contributed by atoms with van der Waals surface area (Å²) in [6, 6.07) is 0. The van der Waals surface area contributed by atoms with Crippen molar-refractivity contribution < 1.29 is 38.5 Å². The number of esters is 3. The summed E-state index contributed by atoms with van der Waals surface area (Å²) in [7, 11) is 1.26. The van der Waals surface area contributed by atoms with Crippen LogP contribution in [0.1, 0.15) is 59.3 Å². The van der Waals surface area contributed by atoms with E-state index in [1.807, 2.05) is 25.2 Å². The first-order chi connectivity index (χ1) is 16.0. The molecule has 0 aliphatic heterocycles. The molecule has 0 aromatic carbocycles. The molecule has 0 aromatic heterocycles. The molecule has 34 heavy (non-hydrogen) atoms. The fraction of sp³-hybridized carbons (Fsp3) is 0.520. The smallest absolute Gasteiger partial charge is 0.305 e. The number of halogens is 1. The zero-order chi connectivity index (χ0) is 25.7. The summed E-state index contributed by atoms with van der Waals surface area (Å²) in [6.45, 7) is 4.39. The molecule has 0 heterocycles. The van der Waals surface area contributed by atoms with Crippen molar-refractivity contribution in [1.29, 1.82) is 0 Å². The second kappa shape index (κ2) is 14.5. The maximum absolute atomic E-state index is 12.7. The van der Waals surface area contributed by atoms with E-state index in [9.17, 15) is 24.3 Å². The molecule has 0 saturated heterocycles. The summed E-state index contributed by atoms with van der Waals surface area (Å²) in [4.78, 5) is 47.7. The summed E-state index contributed by atoms with van der Waals surface area (Å²) in [5.74, 6) is -2.37. The van der Waals surface area contributed by atoms with Gasteiger partial charge in [0.2, 0.25) is 5.78 Å². The van der Waals surface area contributed by atoms with Crippen LogP contribution in [-0.4, -0.2) is 53.7 Å². The minimum Gasteiger partial charge on any atom is -0.469 e. The number of carbonyl (C=O) groups excluding carboxylic acids is 4. The monoisotopic (exact) mass is 496 g/mol. The van der Waals surface area contributed by atoms with Gasteiger partial charge < -0.3 is 19.3 Å². The Morgan fingerprint density at radius 3 is 2.35 bits per heavy atom. The Bertz CT molecular complexity index is 870. The average Bonchev–Trinajstić information content (AvgIpc) is 2.97. The third-order valence-corrected chi connectivity index (χ3v) is 5.26. The van der Waals surface area contributed by atoms with Gasteiger partial charge in [0, 0.05) is 32.3 Å². The van der Waals surface area contributed by atoms with Gasteiger partial charge in [0.05, 0.1) is 12.1 Å². The van der Waals surface area contributed by atoms with Gasteiger partial charge in [0.1, 0.15) is 11.7 Å². The zero-order valence-corrected chi connectivity index (χ0v) is 20.8. The second-order valence-electron chi connectivity index (χ2n) is 7.81. The van der Waals surface area contributed by atoms with Crippen molar-refractivity contribution in [1.82, 2.24) is 0 Å². The highest BCUT2D eigenvalue weighted by Crippen LogP contribution is 2.37. The lowest BCUT2D eigenvalue weighted by Crippen LogP contribution is -2.36. The maximum Gasteiger partial charge on any atom is 0.305 e. The number of carbonyl (C=O) groups is 4. The molecule has 8 nitrogen and oxygen atoms in total. The Morgan fingerprint density at radius 1 is 1.12 bits per heavy atom. The Morgan fingerprint density at radius 2 is 1.76 bits per heavy atom. The van der Waals surface area contributed by atoms with Gasteiger partial charge in [-0.05, 0) is 37.8 Å². The highest BCUT2D eigenvalue weighted by atomic mass is 35.5. The first kappa shape index (κ1) is 29.3. The highest BCUT2D eigenvalue weighted by Gasteiger charge is 2.42. The van der Waals surface area contributed by atoms with E-state index in [2.05, 4.69) is 4.74 Å². The van der Waals surface area contributed by atoms with Gasteiger partial charge in [-0.15, -0.1) is 0 Å². The summed E-state index contributed by atoms with van der Waals surface area (Å²) < 4.78 is 15.3. The summed E-state index contributed by atoms with van der Waals surface area (Å²) in [6.07, 6.45) is 10.0. The molecule has 0 saturated carbocycles. The summed E-state index contributed by atoms with van der Waals surface area (Å²) in [5.41, 5.74) is -1.80. The standard InChI is InChI=1S/C25H33ClO8/c1-5-6-7-8-9-10-14-25(31)16-20(26)24(30)19(25)15-22(34-18(3)28)21(33-17(2)27)12-11-13-23(29)32-4/h6-7,9-10,15-16,21-22,31H,5,8,11-14H2,1-4H3/b7-6-,10-9-,19-15-/t21-,22-,25-/m0/s1. The van der Waals surface area contributed by atoms with Gasteiger partial charge >= 0.3 is 17.9 Å². The zero-order valence-electron chi connectivity index (χ0n) is 20.0. The van der Waals surface area contributed by atoms with Crippen LogP contribution >= 0.6 is 11.6 Å². The van der Waals surface area contributed by atoms with Crippen molar-refractivity contribution in [3.05, 3.63) is 47.1 Å². The minimum absolute atomic E-state index is 0.0607. The van der Waals surface area contributed by atoms with Crippen LogP contribution in [0.5, 0.6) is 0 Å². The molecule has 0 fully saturated rings. The van der Waals surface area contributed by atoms with Gasteiger partial charge in [-0.3, -0.25) is 19.2 Å². The van der Waals surface area contributed by atoms with E-state index in [0.29, 0.717) is 6.42 Å². The lowest BCUT2D eigenvalue weighted by atomic mass is 9.90. The van der Waals surface area contributed by atoms with E-state index in [-0.39, 0.29) is 36.3 Å². The van der Waals surface area contributed by atoms with Crippen LogP contribution in [0.4, 0.5) is 0 Å². The highest BCUT2D eigenvalue weighted by molar-refractivity contribution is 6.46. The summed E-state index contributed by atoms with van der Waals surface area (Å²) in [5, 5.41) is 11.0. The fourth-order valence-corrected chi connectivity index (χ4v) is 3.68. The number of Topliss-reactive ketones (excluding diaryl/α,β-unsaturated/α-hetero) is 1. The predicted octanol–water partition coefficient (Wildman–Crippen LogP) is 3.86. The molecular weight excluding hydrogens is 464 g/mol. The molecule has 0 aromatic rings. The Hall–Kier alpha value is -2.71. The van der Waals surface area contributed by atoms with Crippen LogP contribution in [0.15, 0.2) is 47.1 Å². The predicted molar refractivity (Wildman–Crippen MR) is 127 cm³/mol. The molecule has 1 rings (SSSR count). The molecule has 0 unspecified atom stereocenters. The number of hydrogen-bond acceptors (Lipinski definition) is 8. The van der Waals surface area contributed by atoms with E-state index in [1.54, 1.807) is 6.08 Å². The Labute approximate surface area is 205 Å². The molecule has 1 N–H and O–H groups in total. The lowest BCUT2D eigenvalue weighted by Gasteiger charge is -2.27. The van der Waals surface area contributed by atoms with Crippen LogP contribution < -0.4 is 0 Å². The van der Waals surface area contributed by atoms with Gasteiger partial charge in [0.15, 0.2) is 6.10 Å². The van der Waals surface area contributed by atoms with Crippen molar-refractivity contribution in [2.24, 2.45) is 0 Å². The Balaban J connectivity index is 3.23. The molecule has 1 aliphatic rings. The van der Waals surface area contributed by atoms with Crippen molar-refractivity contribution in [2.75, 3.05) is 7.11 Å². The third kappa shape index (κ3) is 9.65. The SMILES string of the molecule is CC/C=C\C/C=C\C[C@]1(O)C=C(Cl)C(=O)/C1=C/[C@H](OC(C)=O)[C@H](CCCC(=O)OC)OC(C)=O. The van der Waals surface area contributed by atoms with Gasteiger partial charge in [0.25, 0.3) is 0 Å². The molecular formula is C25H33ClO8. The number of hydrogen-bond donors (Lipinski definition) is 1. The van der Waals surface area contributed by atoms with Crippen LogP contribution in [0.25, 0.3) is 0 Å². The summed E-state index contributed by atoms with van der Waals surface area (Å²) >= 11 is 6.04. The largest absolute Gasteiger partial charge is 0.469 e. The molecule has 0 amide bonds. The number of rotatable bonds is 13. The second-order valence-corrected chi connectivity index (χ2v) is 8.21. The molecule has 9 heteroatoms. The number of allylic oxidation sites excluding steroid dienone is 4. The van der Waals surface area contributed by atoms with Crippen LogP contribution in [-0.2, 0) is 33.4 Å². The molecule has 0 bridgehead atoms. The first-order valence-corrected chi connectivity index (χ1v) is 11.5. The molecule has 3 atom stereocenters. The van der Waals surface area contributed by atoms with Crippen molar-refractivity contribution in [3.63, 3.8) is 0 Å². The van der Waals surface area contributed by atoms with Crippen molar-refractivity contribution in [2.45, 2.75) is 77.1 Å². The van der Waals surface area contributed by atoms with E-state index in [0.717, 1.165) is 6.42 Å². The Kier molecular flexibility index (Phi) is 12.5. The third-order valence-electron chi connectivity index (χ3n) is 4.98. The first-order valence-electron chi connectivity index (χ1n) is 11.1. The number of ketones is 1.